The van der Waals surface area contributed by atoms with Crippen LogP contribution in [0, 0.1) is 0 Å². The van der Waals surface area contributed by atoms with Gasteiger partial charge in [0, 0.05) is 12.2 Å². The van der Waals surface area contributed by atoms with Gasteiger partial charge in [-0.05, 0) is 24.5 Å². The predicted molar refractivity (Wildman–Crippen MR) is 68.5 cm³/mol. The summed E-state index contributed by atoms with van der Waals surface area (Å²) >= 11 is 0. The molecule has 1 atom stereocenters. The van der Waals surface area contributed by atoms with Gasteiger partial charge in [0.05, 0.1) is 6.42 Å². The zero-order chi connectivity index (χ0) is 13.1. The molecule has 1 aliphatic rings. The van der Waals surface area contributed by atoms with Crippen LogP contribution in [0.1, 0.15) is 18.4 Å². The smallest absolute Gasteiger partial charge is 0.240 e. The Morgan fingerprint density at radius 1 is 1.33 bits per heavy atom. The summed E-state index contributed by atoms with van der Waals surface area (Å²) in [5.74, 6) is -0.518. The molecule has 1 unspecified atom stereocenters. The Morgan fingerprint density at radius 3 is 2.72 bits per heavy atom. The molecule has 0 saturated carbocycles. The van der Waals surface area contributed by atoms with Gasteiger partial charge >= 0.3 is 0 Å². The summed E-state index contributed by atoms with van der Waals surface area (Å²) in [6, 6.07) is 6.79. The second kappa shape index (κ2) is 5.08. The third-order valence-electron chi connectivity index (χ3n) is 3.30. The molecule has 0 bridgehead atoms. The van der Waals surface area contributed by atoms with Gasteiger partial charge in [-0.1, -0.05) is 18.2 Å². The third kappa shape index (κ3) is 2.45. The lowest BCUT2D eigenvalue weighted by molar-refractivity contribution is -0.136. The van der Waals surface area contributed by atoms with E-state index in [1.165, 1.54) is 0 Å². The lowest BCUT2D eigenvalue weighted by Gasteiger charge is -2.22. The fourth-order valence-corrected chi connectivity index (χ4v) is 2.32. The van der Waals surface area contributed by atoms with Crippen molar-refractivity contribution in [2.24, 2.45) is 5.73 Å². The minimum atomic E-state index is -0.456. The molecular formula is C13H17N3O2. The summed E-state index contributed by atoms with van der Waals surface area (Å²) < 4.78 is 0. The Morgan fingerprint density at radius 2 is 2.06 bits per heavy atom. The van der Waals surface area contributed by atoms with Crippen molar-refractivity contribution >= 4 is 17.5 Å². The highest BCUT2D eigenvalue weighted by molar-refractivity contribution is 5.88. The van der Waals surface area contributed by atoms with Crippen molar-refractivity contribution in [3.63, 3.8) is 0 Å². The van der Waals surface area contributed by atoms with Gasteiger partial charge in [-0.15, -0.1) is 0 Å². The first-order valence-corrected chi connectivity index (χ1v) is 6.02. The number of nitrogens with two attached hydrogens (primary N) is 2. The van der Waals surface area contributed by atoms with Crippen molar-refractivity contribution in [2.45, 2.75) is 25.3 Å². The first kappa shape index (κ1) is 12.4. The average Bonchev–Trinajstić information content (AvgIpc) is 2.81. The summed E-state index contributed by atoms with van der Waals surface area (Å²) in [6.07, 6.45) is 1.70. The number of anilines is 1. The Balaban J connectivity index is 2.08. The van der Waals surface area contributed by atoms with E-state index in [2.05, 4.69) is 0 Å². The highest BCUT2D eigenvalue weighted by Crippen LogP contribution is 2.19. The lowest BCUT2D eigenvalue weighted by atomic mass is 10.1. The van der Waals surface area contributed by atoms with Crippen LogP contribution in [0.15, 0.2) is 24.3 Å². The molecule has 0 spiro atoms. The van der Waals surface area contributed by atoms with E-state index in [0.29, 0.717) is 18.7 Å². The number of nitrogens with zero attached hydrogens (tertiary/aromatic N) is 1. The molecule has 1 aromatic carbocycles. The van der Waals surface area contributed by atoms with Crippen LogP contribution in [0.3, 0.4) is 0 Å². The normalized spacial score (nSPS) is 18.9. The van der Waals surface area contributed by atoms with Gasteiger partial charge < -0.3 is 16.4 Å². The van der Waals surface area contributed by atoms with E-state index < -0.39 is 11.9 Å². The van der Waals surface area contributed by atoms with Crippen LogP contribution >= 0.6 is 0 Å². The van der Waals surface area contributed by atoms with Crippen LogP contribution in [0.4, 0.5) is 5.69 Å². The maximum Gasteiger partial charge on any atom is 0.240 e. The molecule has 1 saturated heterocycles. The first-order chi connectivity index (χ1) is 8.59. The third-order valence-corrected chi connectivity index (χ3v) is 3.30. The second-order valence-corrected chi connectivity index (χ2v) is 4.52. The number of hydrogen-bond donors (Lipinski definition) is 2. The largest absolute Gasteiger partial charge is 0.398 e. The van der Waals surface area contributed by atoms with E-state index in [1.54, 1.807) is 11.0 Å². The molecule has 0 aromatic heterocycles. The molecule has 96 valence electrons. The summed E-state index contributed by atoms with van der Waals surface area (Å²) in [5.41, 5.74) is 12.5. The quantitative estimate of drug-likeness (QED) is 0.752. The molecule has 0 radical (unpaired) electrons. The molecule has 18 heavy (non-hydrogen) atoms. The molecule has 2 rings (SSSR count). The Kier molecular flexibility index (Phi) is 3.50. The van der Waals surface area contributed by atoms with Crippen LogP contribution in [0.25, 0.3) is 0 Å². The molecule has 5 heteroatoms. The Bertz CT molecular complexity index is 473. The number of nitrogen functional groups attached to an aromatic ring is 1. The Hall–Kier alpha value is -2.04. The number of rotatable bonds is 3. The highest BCUT2D eigenvalue weighted by Gasteiger charge is 2.32. The predicted octanol–water partition coefficient (Wildman–Crippen LogP) is 0.288. The highest BCUT2D eigenvalue weighted by atomic mass is 16.2. The number of carbonyl (C=O) groups excluding carboxylic acids is 2. The zero-order valence-corrected chi connectivity index (χ0v) is 10.1. The average molecular weight is 247 g/mol. The second-order valence-electron chi connectivity index (χ2n) is 4.52. The van der Waals surface area contributed by atoms with Crippen LogP contribution in [-0.2, 0) is 16.0 Å². The van der Waals surface area contributed by atoms with Crippen molar-refractivity contribution in [2.75, 3.05) is 12.3 Å². The van der Waals surface area contributed by atoms with E-state index >= 15 is 0 Å². The van der Waals surface area contributed by atoms with Gasteiger partial charge in [0.1, 0.15) is 6.04 Å². The topological polar surface area (TPSA) is 89.4 Å². The number of hydrogen-bond acceptors (Lipinski definition) is 3. The number of amides is 2. The summed E-state index contributed by atoms with van der Waals surface area (Å²) in [7, 11) is 0. The Labute approximate surface area is 106 Å². The summed E-state index contributed by atoms with van der Waals surface area (Å²) in [4.78, 5) is 24.9. The zero-order valence-electron chi connectivity index (χ0n) is 10.1. The minimum Gasteiger partial charge on any atom is -0.398 e. The van der Waals surface area contributed by atoms with E-state index in [1.807, 2.05) is 18.2 Å². The van der Waals surface area contributed by atoms with Gasteiger partial charge in [-0.3, -0.25) is 9.59 Å². The molecule has 0 aliphatic carbocycles. The SMILES string of the molecule is NC(=O)C1CCCN1C(=O)Cc1ccccc1N. The van der Waals surface area contributed by atoms with Crippen LogP contribution in [0.5, 0.6) is 0 Å². The van der Waals surface area contributed by atoms with Crippen molar-refractivity contribution in [3.8, 4) is 0 Å². The number of benzene rings is 1. The lowest BCUT2D eigenvalue weighted by Crippen LogP contribution is -2.44. The van der Waals surface area contributed by atoms with Crippen molar-refractivity contribution in [1.82, 2.24) is 4.90 Å². The van der Waals surface area contributed by atoms with Gasteiger partial charge in [0.25, 0.3) is 0 Å². The van der Waals surface area contributed by atoms with E-state index in [9.17, 15) is 9.59 Å². The van der Waals surface area contributed by atoms with Gasteiger partial charge in [0.15, 0.2) is 0 Å². The maximum absolute atomic E-state index is 12.1. The number of carbonyl (C=O) groups is 2. The van der Waals surface area contributed by atoms with Crippen LogP contribution in [0.2, 0.25) is 0 Å². The molecule has 5 nitrogen and oxygen atoms in total. The molecular weight excluding hydrogens is 230 g/mol. The van der Waals surface area contributed by atoms with Gasteiger partial charge in [-0.2, -0.15) is 0 Å². The first-order valence-electron chi connectivity index (χ1n) is 6.02. The molecule has 2 amide bonds. The monoisotopic (exact) mass is 247 g/mol. The van der Waals surface area contributed by atoms with Crippen molar-refractivity contribution in [3.05, 3.63) is 29.8 Å². The van der Waals surface area contributed by atoms with Gasteiger partial charge in [-0.25, -0.2) is 0 Å². The van der Waals surface area contributed by atoms with Crippen LogP contribution < -0.4 is 11.5 Å². The van der Waals surface area contributed by atoms with E-state index in [0.717, 1.165) is 12.0 Å². The van der Waals surface area contributed by atoms with Gasteiger partial charge in [0.2, 0.25) is 11.8 Å². The maximum atomic E-state index is 12.1. The summed E-state index contributed by atoms with van der Waals surface area (Å²) in [6.45, 7) is 0.596. The molecule has 1 aromatic rings. The fraction of sp³-hybridized carbons (Fsp3) is 0.385. The number of likely N-dealkylation sites (tertiary alicyclic amines) is 1. The minimum absolute atomic E-state index is 0.0887. The molecule has 1 heterocycles. The molecule has 4 N–H and O–H groups in total. The fourth-order valence-electron chi connectivity index (χ4n) is 2.32. The number of para-hydroxylation sites is 1. The van der Waals surface area contributed by atoms with E-state index in [4.69, 9.17) is 11.5 Å². The number of primary amides is 1. The molecule has 1 aliphatic heterocycles. The van der Waals surface area contributed by atoms with E-state index in [-0.39, 0.29) is 12.3 Å². The summed E-state index contributed by atoms with van der Waals surface area (Å²) in [5, 5.41) is 0. The standard InChI is InChI=1S/C13H17N3O2/c14-10-5-2-1-4-9(10)8-12(17)16-7-3-6-11(16)13(15)18/h1-2,4-5,11H,3,6-8,14H2,(H2,15,18). The van der Waals surface area contributed by atoms with Crippen molar-refractivity contribution in [1.29, 1.82) is 0 Å². The molecule has 1 fully saturated rings. The van der Waals surface area contributed by atoms with Crippen LogP contribution in [-0.4, -0.2) is 29.3 Å². The van der Waals surface area contributed by atoms with Crippen molar-refractivity contribution < 1.29 is 9.59 Å².